The number of anilines is 1. The highest BCUT2D eigenvalue weighted by Gasteiger charge is 2.27. The van der Waals surface area contributed by atoms with Gasteiger partial charge in [-0.3, -0.25) is 4.90 Å². The number of hydrogen-bond acceptors (Lipinski definition) is 3. The molecule has 1 aliphatic rings. The van der Waals surface area contributed by atoms with E-state index in [4.69, 9.17) is 16.3 Å². The van der Waals surface area contributed by atoms with Gasteiger partial charge in [0.2, 0.25) is 0 Å². The Morgan fingerprint density at radius 3 is 2.36 bits per heavy atom. The van der Waals surface area contributed by atoms with Crippen LogP contribution >= 0.6 is 11.6 Å². The van der Waals surface area contributed by atoms with Crippen LogP contribution in [0.2, 0.25) is 5.02 Å². The Kier molecular flexibility index (Phi) is 5.19. The van der Waals surface area contributed by atoms with Crippen LogP contribution in [0, 0.1) is 0 Å². The highest BCUT2D eigenvalue weighted by molar-refractivity contribution is 6.32. The maximum atomic E-state index is 12.3. The number of piperazine rings is 1. The zero-order chi connectivity index (χ0) is 16.3. The molecule has 1 N–H and O–H groups in total. The lowest BCUT2D eigenvalue weighted by Gasteiger charge is -2.42. The van der Waals surface area contributed by atoms with Gasteiger partial charge in [0, 0.05) is 37.4 Å². The summed E-state index contributed by atoms with van der Waals surface area (Å²) in [5, 5.41) is 3.37. The van der Waals surface area contributed by atoms with E-state index in [0.29, 0.717) is 16.5 Å². The summed E-state index contributed by atoms with van der Waals surface area (Å²) in [6.07, 6.45) is 0. The summed E-state index contributed by atoms with van der Waals surface area (Å²) in [5.41, 5.74) is 0.820. The molecule has 1 heterocycles. The van der Waals surface area contributed by atoms with Crippen molar-refractivity contribution in [2.75, 3.05) is 38.6 Å². The fraction of sp³-hybridized carbons (Fsp3) is 0.562. The Hall–Kier alpha value is -1.46. The first kappa shape index (κ1) is 16.9. The predicted molar refractivity (Wildman–Crippen MR) is 89.9 cm³/mol. The second-order valence-corrected chi connectivity index (χ2v) is 6.83. The monoisotopic (exact) mass is 325 g/mol. The van der Waals surface area contributed by atoms with Crippen LogP contribution in [-0.4, -0.2) is 54.7 Å². The standard InChI is InChI=1S/C16H24ClN3O2/c1-16(2,3)20-9-7-19(8-10-20)15(21)18-12-5-6-14(22-4)13(17)11-12/h5-6,11H,7-10H2,1-4H3,(H,18,21). The van der Waals surface area contributed by atoms with Gasteiger partial charge in [0.05, 0.1) is 12.1 Å². The molecule has 1 aromatic carbocycles. The molecule has 1 aliphatic heterocycles. The molecule has 0 atom stereocenters. The normalized spacial score (nSPS) is 16.5. The fourth-order valence-electron chi connectivity index (χ4n) is 2.53. The average molecular weight is 326 g/mol. The van der Waals surface area contributed by atoms with Crippen molar-refractivity contribution in [2.45, 2.75) is 26.3 Å². The van der Waals surface area contributed by atoms with Crippen LogP contribution in [0.25, 0.3) is 0 Å². The highest BCUT2D eigenvalue weighted by Crippen LogP contribution is 2.27. The molecule has 0 aromatic heterocycles. The lowest BCUT2D eigenvalue weighted by atomic mass is 10.1. The molecule has 1 saturated heterocycles. The Morgan fingerprint density at radius 2 is 1.86 bits per heavy atom. The highest BCUT2D eigenvalue weighted by atomic mass is 35.5. The van der Waals surface area contributed by atoms with E-state index in [1.54, 1.807) is 25.3 Å². The molecular formula is C16H24ClN3O2. The molecule has 0 unspecified atom stereocenters. The van der Waals surface area contributed by atoms with Crippen LogP contribution < -0.4 is 10.1 Å². The van der Waals surface area contributed by atoms with Gasteiger partial charge in [0.25, 0.3) is 0 Å². The van der Waals surface area contributed by atoms with E-state index in [9.17, 15) is 4.79 Å². The second-order valence-electron chi connectivity index (χ2n) is 6.42. The smallest absolute Gasteiger partial charge is 0.321 e. The van der Waals surface area contributed by atoms with Crippen LogP contribution in [0.5, 0.6) is 5.75 Å². The summed E-state index contributed by atoms with van der Waals surface area (Å²) < 4.78 is 5.10. The van der Waals surface area contributed by atoms with Crippen LogP contribution in [0.15, 0.2) is 18.2 Å². The molecule has 5 nitrogen and oxygen atoms in total. The molecule has 2 rings (SSSR count). The molecule has 1 aromatic rings. The zero-order valence-corrected chi connectivity index (χ0v) is 14.4. The summed E-state index contributed by atoms with van der Waals surface area (Å²) in [5.74, 6) is 0.596. The lowest BCUT2D eigenvalue weighted by molar-refractivity contribution is 0.0774. The van der Waals surface area contributed by atoms with Gasteiger partial charge in [-0.05, 0) is 39.0 Å². The molecule has 122 valence electrons. The number of hydrogen-bond donors (Lipinski definition) is 1. The van der Waals surface area contributed by atoms with Crippen molar-refractivity contribution >= 4 is 23.3 Å². The molecule has 22 heavy (non-hydrogen) atoms. The van der Waals surface area contributed by atoms with Crippen molar-refractivity contribution in [1.82, 2.24) is 9.80 Å². The first-order valence-corrected chi connectivity index (χ1v) is 7.83. The maximum absolute atomic E-state index is 12.3. The molecule has 0 aliphatic carbocycles. The number of methoxy groups -OCH3 is 1. The third-order valence-corrected chi connectivity index (χ3v) is 4.21. The molecule has 0 saturated carbocycles. The zero-order valence-electron chi connectivity index (χ0n) is 13.6. The van der Waals surface area contributed by atoms with Crippen molar-refractivity contribution in [3.05, 3.63) is 23.2 Å². The molecular weight excluding hydrogens is 302 g/mol. The van der Waals surface area contributed by atoms with Crippen molar-refractivity contribution in [1.29, 1.82) is 0 Å². The number of rotatable bonds is 2. The SMILES string of the molecule is COc1ccc(NC(=O)N2CCN(C(C)(C)C)CC2)cc1Cl. The third kappa shape index (κ3) is 4.05. The van der Waals surface area contributed by atoms with E-state index in [-0.39, 0.29) is 11.6 Å². The number of nitrogens with zero attached hydrogens (tertiary/aromatic N) is 2. The van der Waals surface area contributed by atoms with Gasteiger partial charge in [-0.1, -0.05) is 11.6 Å². The minimum absolute atomic E-state index is 0.0882. The predicted octanol–water partition coefficient (Wildman–Crippen LogP) is 3.30. The Balaban J connectivity index is 1.92. The number of carbonyl (C=O) groups is 1. The van der Waals surface area contributed by atoms with Gasteiger partial charge in [-0.15, -0.1) is 0 Å². The Morgan fingerprint density at radius 1 is 1.23 bits per heavy atom. The van der Waals surface area contributed by atoms with E-state index >= 15 is 0 Å². The second kappa shape index (κ2) is 6.75. The number of halogens is 1. The quantitative estimate of drug-likeness (QED) is 0.907. The first-order chi connectivity index (χ1) is 10.3. The molecule has 0 spiro atoms. The summed E-state index contributed by atoms with van der Waals surface area (Å²) in [6, 6.07) is 5.14. The number of nitrogens with one attached hydrogen (secondary N) is 1. The van der Waals surface area contributed by atoms with Crippen molar-refractivity contribution in [3.63, 3.8) is 0 Å². The largest absolute Gasteiger partial charge is 0.495 e. The van der Waals surface area contributed by atoms with Crippen LogP contribution in [0.1, 0.15) is 20.8 Å². The van der Waals surface area contributed by atoms with Crippen molar-refractivity contribution in [2.24, 2.45) is 0 Å². The van der Waals surface area contributed by atoms with Gasteiger partial charge >= 0.3 is 6.03 Å². The third-order valence-electron chi connectivity index (χ3n) is 3.92. The summed E-state index contributed by atoms with van der Waals surface area (Å²) in [6.45, 7) is 9.83. The maximum Gasteiger partial charge on any atom is 0.321 e. The van der Waals surface area contributed by atoms with E-state index < -0.39 is 0 Å². The molecule has 0 bridgehead atoms. The number of benzene rings is 1. The van der Waals surface area contributed by atoms with Crippen LogP contribution in [0.4, 0.5) is 10.5 Å². The minimum atomic E-state index is -0.0882. The topological polar surface area (TPSA) is 44.8 Å². The summed E-state index contributed by atoms with van der Waals surface area (Å²) in [4.78, 5) is 16.5. The van der Waals surface area contributed by atoms with Gasteiger partial charge in [0.1, 0.15) is 5.75 Å². The molecule has 2 amide bonds. The summed E-state index contributed by atoms with van der Waals surface area (Å²) >= 11 is 6.07. The van der Waals surface area contributed by atoms with Gasteiger partial charge in [-0.2, -0.15) is 0 Å². The van der Waals surface area contributed by atoms with Gasteiger partial charge in [-0.25, -0.2) is 4.79 Å². The lowest BCUT2D eigenvalue weighted by Crippen LogP contribution is -2.55. The number of amides is 2. The van der Waals surface area contributed by atoms with Gasteiger partial charge < -0.3 is 15.0 Å². The van der Waals surface area contributed by atoms with Crippen molar-refractivity contribution in [3.8, 4) is 5.75 Å². The van der Waals surface area contributed by atoms with Gasteiger partial charge in [0.15, 0.2) is 0 Å². The fourth-order valence-corrected chi connectivity index (χ4v) is 2.78. The van der Waals surface area contributed by atoms with E-state index in [1.165, 1.54) is 0 Å². The minimum Gasteiger partial charge on any atom is -0.495 e. The Labute approximate surface area is 137 Å². The number of carbonyl (C=O) groups excluding carboxylic acids is 1. The first-order valence-electron chi connectivity index (χ1n) is 7.46. The average Bonchev–Trinajstić information content (AvgIpc) is 2.46. The molecule has 1 fully saturated rings. The number of ether oxygens (including phenoxy) is 1. The molecule has 6 heteroatoms. The van der Waals surface area contributed by atoms with E-state index in [0.717, 1.165) is 26.2 Å². The molecule has 0 radical (unpaired) electrons. The Bertz CT molecular complexity index is 535. The summed E-state index contributed by atoms with van der Waals surface area (Å²) in [7, 11) is 1.56. The van der Waals surface area contributed by atoms with Crippen molar-refractivity contribution < 1.29 is 9.53 Å². The number of urea groups is 1. The van der Waals surface area contributed by atoms with Crippen LogP contribution in [-0.2, 0) is 0 Å². The van der Waals surface area contributed by atoms with Crippen LogP contribution in [0.3, 0.4) is 0 Å². The van der Waals surface area contributed by atoms with E-state index in [2.05, 4.69) is 31.0 Å². The van der Waals surface area contributed by atoms with E-state index in [1.807, 2.05) is 4.90 Å².